The second kappa shape index (κ2) is 6.19. The SMILES string of the molecule is Cc1nnc(NC(=O)COc2cc(C)c(Cl)c(C)c2)s1. The lowest BCUT2D eigenvalue weighted by atomic mass is 10.1. The standard InChI is InChI=1S/C13H14ClN3O2S/c1-7-4-10(5-8(2)12(7)14)19-6-11(18)15-13-17-16-9(3)20-13/h4-5H,6H2,1-3H3,(H,15,17,18). The molecule has 2 aromatic rings. The maximum absolute atomic E-state index is 11.7. The van der Waals surface area contributed by atoms with Crippen LogP contribution in [-0.4, -0.2) is 22.7 Å². The molecule has 106 valence electrons. The zero-order valence-electron chi connectivity index (χ0n) is 11.4. The van der Waals surface area contributed by atoms with Gasteiger partial charge in [0.25, 0.3) is 5.91 Å². The monoisotopic (exact) mass is 311 g/mol. The maximum Gasteiger partial charge on any atom is 0.264 e. The summed E-state index contributed by atoms with van der Waals surface area (Å²) in [7, 11) is 0. The van der Waals surface area contributed by atoms with Crippen molar-refractivity contribution in [1.29, 1.82) is 0 Å². The molecular weight excluding hydrogens is 298 g/mol. The number of hydrogen-bond acceptors (Lipinski definition) is 5. The number of halogens is 1. The normalized spacial score (nSPS) is 10.4. The number of nitrogens with zero attached hydrogens (tertiary/aromatic N) is 2. The van der Waals surface area contributed by atoms with Gasteiger partial charge in [0, 0.05) is 5.02 Å². The van der Waals surface area contributed by atoms with Gasteiger partial charge in [-0.05, 0) is 44.0 Å². The van der Waals surface area contributed by atoms with Crippen LogP contribution in [0.25, 0.3) is 0 Å². The van der Waals surface area contributed by atoms with Crippen LogP contribution in [0.3, 0.4) is 0 Å². The van der Waals surface area contributed by atoms with Gasteiger partial charge in [0.1, 0.15) is 10.8 Å². The fourth-order valence-corrected chi connectivity index (χ4v) is 2.36. The first-order chi connectivity index (χ1) is 9.45. The van der Waals surface area contributed by atoms with Crippen molar-refractivity contribution in [3.63, 3.8) is 0 Å². The molecule has 0 fully saturated rings. The van der Waals surface area contributed by atoms with Crippen LogP contribution in [0.1, 0.15) is 16.1 Å². The number of benzene rings is 1. The van der Waals surface area contributed by atoms with Crippen LogP contribution < -0.4 is 10.1 Å². The van der Waals surface area contributed by atoms with Crippen molar-refractivity contribution in [1.82, 2.24) is 10.2 Å². The predicted molar refractivity (Wildman–Crippen MR) is 79.7 cm³/mol. The molecule has 0 radical (unpaired) electrons. The van der Waals surface area contributed by atoms with Crippen molar-refractivity contribution in [3.05, 3.63) is 33.3 Å². The Morgan fingerprint density at radius 3 is 2.50 bits per heavy atom. The van der Waals surface area contributed by atoms with Crippen LogP contribution in [0.5, 0.6) is 5.75 Å². The highest BCUT2D eigenvalue weighted by Crippen LogP contribution is 2.25. The molecular formula is C13H14ClN3O2S. The molecule has 0 aliphatic heterocycles. The molecule has 0 saturated carbocycles. The molecule has 5 nitrogen and oxygen atoms in total. The molecule has 1 amide bonds. The van der Waals surface area contributed by atoms with Gasteiger partial charge in [0.2, 0.25) is 5.13 Å². The molecule has 0 atom stereocenters. The van der Waals surface area contributed by atoms with Crippen molar-refractivity contribution in [2.75, 3.05) is 11.9 Å². The number of carbonyl (C=O) groups is 1. The van der Waals surface area contributed by atoms with E-state index in [1.807, 2.05) is 20.8 Å². The lowest BCUT2D eigenvalue weighted by Crippen LogP contribution is -2.20. The van der Waals surface area contributed by atoms with E-state index in [0.717, 1.165) is 16.1 Å². The van der Waals surface area contributed by atoms with Crippen LogP contribution in [0.2, 0.25) is 5.02 Å². The molecule has 1 heterocycles. The van der Waals surface area contributed by atoms with Crippen LogP contribution in [-0.2, 0) is 4.79 Å². The summed E-state index contributed by atoms with van der Waals surface area (Å²) in [4.78, 5) is 11.7. The number of aromatic nitrogens is 2. The molecule has 0 saturated heterocycles. The van der Waals surface area contributed by atoms with Crippen LogP contribution in [0.4, 0.5) is 5.13 Å². The lowest BCUT2D eigenvalue weighted by molar-refractivity contribution is -0.118. The number of nitrogens with one attached hydrogen (secondary N) is 1. The van der Waals surface area contributed by atoms with E-state index in [0.29, 0.717) is 15.9 Å². The second-order valence-corrected chi connectivity index (χ2v) is 5.89. The van der Waals surface area contributed by atoms with Crippen LogP contribution in [0.15, 0.2) is 12.1 Å². The van der Waals surface area contributed by atoms with Gasteiger partial charge in [-0.2, -0.15) is 0 Å². The van der Waals surface area contributed by atoms with Crippen LogP contribution in [0, 0.1) is 20.8 Å². The summed E-state index contributed by atoms with van der Waals surface area (Å²) < 4.78 is 5.45. The van der Waals surface area contributed by atoms with E-state index in [4.69, 9.17) is 16.3 Å². The molecule has 1 aromatic carbocycles. The third-order valence-electron chi connectivity index (χ3n) is 2.55. The van der Waals surface area contributed by atoms with E-state index < -0.39 is 0 Å². The molecule has 0 unspecified atom stereocenters. The van der Waals surface area contributed by atoms with Gasteiger partial charge in [-0.25, -0.2) is 0 Å². The predicted octanol–water partition coefficient (Wildman–Crippen LogP) is 3.13. The quantitative estimate of drug-likeness (QED) is 0.942. The Labute approximate surface area is 125 Å². The van der Waals surface area contributed by atoms with Gasteiger partial charge in [0.15, 0.2) is 6.61 Å². The zero-order valence-corrected chi connectivity index (χ0v) is 12.9. The molecule has 1 aromatic heterocycles. The van der Waals surface area contributed by atoms with Gasteiger partial charge in [0.05, 0.1) is 0 Å². The highest BCUT2D eigenvalue weighted by Gasteiger charge is 2.09. The minimum atomic E-state index is -0.272. The molecule has 0 spiro atoms. The molecule has 2 rings (SSSR count). The van der Waals surface area contributed by atoms with Crippen molar-refractivity contribution in [2.24, 2.45) is 0 Å². The molecule has 0 aliphatic rings. The summed E-state index contributed by atoms with van der Waals surface area (Å²) >= 11 is 7.39. The summed E-state index contributed by atoms with van der Waals surface area (Å²) in [6.07, 6.45) is 0. The number of aryl methyl sites for hydroxylation is 3. The molecule has 1 N–H and O–H groups in total. The Morgan fingerprint density at radius 1 is 1.30 bits per heavy atom. The van der Waals surface area contributed by atoms with E-state index in [1.54, 1.807) is 12.1 Å². The molecule has 7 heteroatoms. The number of rotatable bonds is 4. The van der Waals surface area contributed by atoms with E-state index in [-0.39, 0.29) is 12.5 Å². The summed E-state index contributed by atoms with van der Waals surface area (Å²) in [5, 5.41) is 12.2. The Balaban J connectivity index is 1.93. The highest BCUT2D eigenvalue weighted by molar-refractivity contribution is 7.15. The van der Waals surface area contributed by atoms with Crippen molar-refractivity contribution >= 4 is 34.0 Å². The zero-order chi connectivity index (χ0) is 14.7. The van der Waals surface area contributed by atoms with Gasteiger partial charge < -0.3 is 4.74 Å². The number of hydrogen-bond donors (Lipinski definition) is 1. The Bertz CT molecular complexity index is 619. The van der Waals surface area contributed by atoms with Gasteiger partial charge in [-0.15, -0.1) is 10.2 Å². The lowest BCUT2D eigenvalue weighted by Gasteiger charge is -2.09. The number of anilines is 1. The summed E-state index contributed by atoms with van der Waals surface area (Å²) in [5.41, 5.74) is 1.84. The van der Waals surface area contributed by atoms with E-state index in [9.17, 15) is 4.79 Å². The van der Waals surface area contributed by atoms with Crippen LogP contribution >= 0.6 is 22.9 Å². The van der Waals surface area contributed by atoms with Crippen molar-refractivity contribution in [3.8, 4) is 5.75 Å². The maximum atomic E-state index is 11.7. The minimum Gasteiger partial charge on any atom is -0.484 e. The topological polar surface area (TPSA) is 64.1 Å². The number of ether oxygens (including phenoxy) is 1. The van der Waals surface area contributed by atoms with Crippen molar-refractivity contribution < 1.29 is 9.53 Å². The second-order valence-electron chi connectivity index (χ2n) is 4.33. The smallest absolute Gasteiger partial charge is 0.264 e. The first kappa shape index (κ1) is 14.7. The fraction of sp³-hybridized carbons (Fsp3) is 0.308. The number of amides is 1. The molecule has 0 aliphatic carbocycles. The summed E-state index contributed by atoms with van der Waals surface area (Å²) in [6, 6.07) is 3.61. The highest BCUT2D eigenvalue weighted by atomic mass is 35.5. The molecule has 20 heavy (non-hydrogen) atoms. The van der Waals surface area contributed by atoms with Gasteiger partial charge in [-0.3, -0.25) is 10.1 Å². The first-order valence-corrected chi connectivity index (χ1v) is 7.14. The van der Waals surface area contributed by atoms with Gasteiger partial charge in [-0.1, -0.05) is 22.9 Å². The minimum absolute atomic E-state index is 0.0842. The average Bonchev–Trinajstić information content (AvgIpc) is 2.78. The molecule has 0 bridgehead atoms. The first-order valence-electron chi connectivity index (χ1n) is 5.95. The van der Waals surface area contributed by atoms with E-state index in [1.165, 1.54) is 11.3 Å². The number of carbonyl (C=O) groups excluding carboxylic acids is 1. The largest absolute Gasteiger partial charge is 0.484 e. The van der Waals surface area contributed by atoms with Crippen molar-refractivity contribution in [2.45, 2.75) is 20.8 Å². The summed E-state index contributed by atoms with van der Waals surface area (Å²) in [5.74, 6) is 0.347. The van der Waals surface area contributed by atoms with E-state index in [2.05, 4.69) is 15.5 Å². The summed E-state index contributed by atoms with van der Waals surface area (Å²) in [6.45, 7) is 5.53. The Morgan fingerprint density at radius 2 is 1.95 bits per heavy atom. The Hall–Kier alpha value is -1.66. The van der Waals surface area contributed by atoms with E-state index >= 15 is 0 Å². The average molecular weight is 312 g/mol. The third-order valence-corrected chi connectivity index (χ3v) is 3.90. The third kappa shape index (κ3) is 3.68. The fourth-order valence-electron chi connectivity index (χ4n) is 1.64. The Kier molecular flexibility index (Phi) is 4.57. The van der Waals surface area contributed by atoms with Gasteiger partial charge >= 0.3 is 0 Å².